The monoisotopic (exact) mass is 262 g/mol. The van der Waals surface area contributed by atoms with Crippen molar-refractivity contribution < 1.29 is 4.79 Å². The molecular formula is C14H15ClN2O. The molecule has 1 aromatic heterocycles. The lowest BCUT2D eigenvalue weighted by molar-refractivity contribution is 0.0749. The molecule has 2 rings (SSSR count). The number of hydrogen-bond acceptors (Lipinski definition) is 2. The van der Waals surface area contributed by atoms with Gasteiger partial charge in [0.2, 0.25) is 0 Å². The van der Waals surface area contributed by atoms with Gasteiger partial charge in [-0.05, 0) is 25.3 Å². The molecule has 94 valence electrons. The van der Waals surface area contributed by atoms with Crippen molar-refractivity contribution in [1.82, 2.24) is 9.88 Å². The molecule has 2 aromatic rings. The molecule has 0 bridgehead atoms. The Morgan fingerprint density at radius 2 is 2.00 bits per heavy atom. The molecule has 0 aliphatic carbocycles. The van der Waals surface area contributed by atoms with E-state index >= 15 is 0 Å². The number of carbonyl (C=O) groups excluding carboxylic acids is 1. The molecule has 0 saturated heterocycles. The number of nitrogens with zero attached hydrogens (tertiary/aromatic N) is 2. The van der Waals surface area contributed by atoms with Crippen LogP contribution in [0.4, 0.5) is 0 Å². The Bertz CT molecular complexity index is 595. The second-order valence-corrected chi connectivity index (χ2v) is 4.89. The van der Waals surface area contributed by atoms with Gasteiger partial charge >= 0.3 is 0 Å². The Labute approximate surface area is 111 Å². The van der Waals surface area contributed by atoms with Gasteiger partial charge in [0, 0.05) is 18.5 Å². The van der Waals surface area contributed by atoms with Crippen LogP contribution in [0.2, 0.25) is 5.15 Å². The van der Waals surface area contributed by atoms with Crippen molar-refractivity contribution in [2.24, 2.45) is 0 Å². The Morgan fingerprint density at radius 3 is 2.67 bits per heavy atom. The molecule has 18 heavy (non-hydrogen) atoms. The van der Waals surface area contributed by atoms with E-state index in [4.69, 9.17) is 11.6 Å². The van der Waals surface area contributed by atoms with Crippen LogP contribution in [-0.4, -0.2) is 28.9 Å². The minimum Gasteiger partial charge on any atom is -0.338 e. The van der Waals surface area contributed by atoms with Crippen molar-refractivity contribution in [2.45, 2.75) is 19.9 Å². The minimum absolute atomic E-state index is 0.113. The first kappa shape index (κ1) is 12.8. The maximum Gasteiger partial charge on any atom is 0.272 e. The van der Waals surface area contributed by atoms with Gasteiger partial charge in [-0.2, -0.15) is 0 Å². The van der Waals surface area contributed by atoms with E-state index in [0.29, 0.717) is 10.8 Å². The summed E-state index contributed by atoms with van der Waals surface area (Å²) in [5, 5.41) is 2.16. The highest BCUT2D eigenvalue weighted by molar-refractivity contribution is 6.34. The fraction of sp³-hybridized carbons (Fsp3) is 0.286. The van der Waals surface area contributed by atoms with Gasteiger partial charge in [0.25, 0.3) is 5.91 Å². The number of benzene rings is 1. The van der Waals surface area contributed by atoms with Crippen LogP contribution >= 0.6 is 11.6 Å². The zero-order valence-corrected chi connectivity index (χ0v) is 11.4. The van der Waals surface area contributed by atoms with E-state index in [9.17, 15) is 4.79 Å². The third-order valence-electron chi connectivity index (χ3n) is 3.01. The first-order chi connectivity index (χ1) is 8.50. The SMILES string of the molecule is CC(C)N(C)C(=O)c1cc2ccccc2c(Cl)n1. The summed E-state index contributed by atoms with van der Waals surface area (Å²) in [7, 11) is 1.76. The molecule has 4 heteroatoms. The molecule has 0 unspecified atom stereocenters. The number of amides is 1. The lowest BCUT2D eigenvalue weighted by atomic mass is 10.1. The van der Waals surface area contributed by atoms with Crippen molar-refractivity contribution in [3.63, 3.8) is 0 Å². The number of aromatic nitrogens is 1. The Morgan fingerprint density at radius 1 is 1.33 bits per heavy atom. The third-order valence-corrected chi connectivity index (χ3v) is 3.30. The van der Waals surface area contributed by atoms with E-state index < -0.39 is 0 Å². The van der Waals surface area contributed by atoms with Crippen molar-refractivity contribution in [3.05, 3.63) is 41.2 Å². The number of halogens is 1. The second-order valence-electron chi connectivity index (χ2n) is 4.53. The molecular weight excluding hydrogens is 248 g/mol. The van der Waals surface area contributed by atoms with E-state index in [0.717, 1.165) is 10.8 Å². The summed E-state index contributed by atoms with van der Waals surface area (Å²) in [4.78, 5) is 18.0. The Hall–Kier alpha value is -1.61. The summed E-state index contributed by atoms with van der Waals surface area (Å²) in [5.74, 6) is -0.113. The predicted molar refractivity (Wildman–Crippen MR) is 74.0 cm³/mol. The molecule has 1 aromatic carbocycles. The van der Waals surface area contributed by atoms with Crippen molar-refractivity contribution >= 4 is 28.3 Å². The summed E-state index contributed by atoms with van der Waals surface area (Å²) in [6, 6.07) is 9.55. The average molecular weight is 263 g/mol. The maximum atomic E-state index is 12.2. The van der Waals surface area contributed by atoms with Crippen LogP contribution in [0.25, 0.3) is 10.8 Å². The highest BCUT2D eigenvalue weighted by atomic mass is 35.5. The van der Waals surface area contributed by atoms with Crippen LogP contribution in [-0.2, 0) is 0 Å². The van der Waals surface area contributed by atoms with Gasteiger partial charge in [0.05, 0.1) is 0 Å². The molecule has 3 nitrogen and oxygen atoms in total. The van der Waals surface area contributed by atoms with Gasteiger partial charge in [0.1, 0.15) is 10.8 Å². The fourth-order valence-corrected chi connectivity index (χ4v) is 1.94. The van der Waals surface area contributed by atoms with E-state index in [-0.39, 0.29) is 11.9 Å². The summed E-state index contributed by atoms with van der Waals surface area (Å²) in [6.07, 6.45) is 0. The normalized spacial score (nSPS) is 10.9. The van der Waals surface area contributed by atoms with Crippen LogP contribution in [0.15, 0.2) is 30.3 Å². The molecule has 0 aliphatic rings. The standard InChI is InChI=1S/C14H15ClN2O/c1-9(2)17(3)14(18)12-8-10-6-4-5-7-11(10)13(15)16-12/h4-9H,1-3H3. The number of carbonyl (C=O) groups is 1. The summed E-state index contributed by atoms with van der Waals surface area (Å²) in [5.41, 5.74) is 0.384. The first-order valence-electron chi connectivity index (χ1n) is 5.83. The van der Waals surface area contributed by atoms with Crippen LogP contribution in [0, 0.1) is 0 Å². The first-order valence-corrected chi connectivity index (χ1v) is 6.21. The second kappa shape index (κ2) is 4.94. The lowest BCUT2D eigenvalue weighted by Gasteiger charge is -2.21. The van der Waals surface area contributed by atoms with Gasteiger partial charge in [0.15, 0.2) is 0 Å². The van der Waals surface area contributed by atoms with Crippen LogP contribution in [0.5, 0.6) is 0 Å². The Balaban J connectivity index is 2.50. The Kier molecular flexibility index (Phi) is 3.53. The van der Waals surface area contributed by atoms with E-state index in [1.54, 1.807) is 18.0 Å². The predicted octanol–water partition coefficient (Wildman–Crippen LogP) is 3.37. The smallest absolute Gasteiger partial charge is 0.272 e. The largest absolute Gasteiger partial charge is 0.338 e. The van der Waals surface area contributed by atoms with Gasteiger partial charge < -0.3 is 4.90 Å². The number of pyridine rings is 1. The summed E-state index contributed by atoms with van der Waals surface area (Å²) in [6.45, 7) is 3.92. The zero-order valence-electron chi connectivity index (χ0n) is 10.6. The summed E-state index contributed by atoms with van der Waals surface area (Å²) >= 11 is 6.11. The fourth-order valence-electron chi connectivity index (χ4n) is 1.68. The molecule has 0 N–H and O–H groups in total. The molecule has 1 heterocycles. The molecule has 0 radical (unpaired) electrons. The lowest BCUT2D eigenvalue weighted by Crippen LogP contribution is -2.33. The topological polar surface area (TPSA) is 33.2 Å². The van der Waals surface area contributed by atoms with Gasteiger partial charge in [-0.25, -0.2) is 4.98 Å². The molecule has 0 fully saturated rings. The van der Waals surface area contributed by atoms with Gasteiger partial charge in [-0.15, -0.1) is 0 Å². The van der Waals surface area contributed by atoms with Crippen molar-refractivity contribution in [2.75, 3.05) is 7.05 Å². The van der Waals surface area contributed by atoms with Gasteiger partial charge in [-0.3, -0.25) is 4.79 Å². The van der Waals surface area contributed by atoms with Crippen molar-refractivity contribution in [1.29, 1.82) is 0 Å². The van der Waals surface area contributed by atoms with Gasteiger partial charge in [-0.1, -0.05) is 35.9 Å². The number of fused-ring (bicyclic) bond motifs is 1. The third kappa shape index (κ3) is 2.31. The van der Waals surface area contributed by atoms with E-state index in [1.807, 2.05) is 38.1 Å². The summed E-state index contributed by atoms with van der Waals surface area (Å²) < 4.78 is 0. The quantitative estimate of drug-likeness (QED) is 0.778. The molecule has 0 aliphatic heterocycles. The highest BCUT2D eigenvalue weighted by Crippen LogP contribution is 2.22. The number of hydrogen-bond donors (Lipinski definition) is 0. The minimum atomic E-state index is -0.113. The molecule has 0 saturated carbocycles. The maximum absolute atomic E-state index is 12.2. The van der Waals surface area contributed by atoms with Crippen LogP contribution < -0.4 is 0 Å². The molecule has 0 spiro atoms. The van der Waals surface area contributed by atoms with Crippen LogP contribution in [0.1, 0.15) is 24.3 Å². The highest BCUT2D eigenvalue weighted by Gasteiger charge is 2.17. The molecule has 0 atom stereocenters. The van der Waals surface area contributed by atoms with Crippen molar-refractivity contribution in [3.8, 4) is 0 Å². The van der Waals surface area contributed by atoms with E-state index in [1.165, 1.54) is 0 Å². The van der Waals surface area contributed by atoms with E-state index in [2.05, 4.69) is 4.98 Å². The molecule has 1 amide bonds. The van der Waals surface area contributed by atoms with Crippen LogP contribution in [0.3, 0.4) is 0 Å². The number of rotatable bonds is 2. The zero-order chi connectivity index (χ0) is 13.3. The average Bonchev–Trinajstić information content (AvgIpc) is 2.36.